The molecule has 2 aliphatic heterocycles. The number of likely N-dealkylation sites (tertiary alicyclic amines) is 1. The monoisotopic (exact) mass is 477 g/mol. The zero-order valence-corrected chi connectivity index (χ0v) is 20.6. The summed E-state index contributed by atoms with van der Waals surface area (Å²) >= 11 is 1.66. The van der Waals surface area contributed by atoms with Crippen LogP contribution >= 0.6 is 11.3 Å². The Morgan fingerprint density at radius 2 is 1.91 bits per heavy atom. The summed E-state index contributed by atoms with van der Waals surface area (Å²) in [5, 5.41) is 3.16. The van der Waals surface area contributed by atoms with E-state index in [2.05, 4.69) is 33.5 Å². The fourth-order valence-electron chi connectivity index (χ4n) is 4.78. The van der Waals surface area contributed by atoms with Crippen LogP contribution in [0.3, 0.4) is 0 Å². The number of hydrogen-bond acceptors (Lipinski definition) is 6. The van der Waals surface area contributed by atoms with E-state index < -0.39 is 0 Å². The quantitative estimate of drug-likeness (QED) is 0.482. The molecule has 0 N–H and O–H groups in total. The minimum absolute atomic E-state index is 0.147. The molecule has 3 aromatic rings. The molecule has 178 valence electrons. The van der Waals surface area contributed by atoms with Crippen molar-refractivity contribution in [3.05, 3.63) is 58.4 Å². The average Bonchev–Trinajstić information content (AvgIpc) is 3.47. The number of amides is 1. The highest BCUT2D eigenvalue weighted by atomic mass is 32.1. The van der Waals surface area contributed by atoms with Crippen LogP contribution in [-0.4, -0.2) is 54.7 Å². The van der Waals surface area contributed by atoms with Crippen LogP contribution in [0.4, 0.5) is 5.69 Å². The van der Waals surface area contributed by atoms with Gasteiger partial charge >= 0.3 is 0 Å². The van der Waals surface area contributed by atoms with Crippen LogP contribution in [0.2, 0.25) is 0 Å². The Hall–Kier alpha value is -2.90. The van der Waals surface area contributed by atoms with E-state index in [0.29, 0.717) is 13.2 Å². The molecule has 7 heteroatoms. The molecule has 34 heavy (non-hydrogen) atoms. The molecular weight excluding hydrogens is 446 g/mol. The largest absolute Gasteiger partial charge is 0.490 e. The third-order valence-electron chi connectivity index (χ3n) is 6.53. The normalized spacial score (nSPS) is 16.5. The highest BCUT2D eigenvalue weighted by Gasteiger charge is 2.28. The van der Waals surface area contributed by atoms with Crippen LogP contribution in [0.5, 0.6) is 11.5 Å². The predicted molar refractivity (Wildman–Crippen MR) is 136 cm³/mol. The van der Waals surface area contributed by atoms with Gasteiger partial charge in [-0.1, -0.05) is 18.2 Å². The topological polar surface area (TPSA) is 54.9 Å². The lowest BCUT2D eigenvalue weighted by Crippen LogP contribution is -2.44. The SMILES string of the molecule is CCOc1ccccc1OC1CCN(CC(=O)N2CCc3cc(-c4csc(C)n4)ccc32)CC1. The van der Waals surface area contributed by atoms with E-state index in [4.69, 9.17) is 9.47 Å². The zero-order valence-electron chi connectivity index (χ0n) is 19.8. The first-order chi connectivity index (χ1) is 16.6. The van der Waals surface area contributed by atoms with E-state index in [1.54, 1.807) is 11.3 Å². The number of fused-ring (bicyclic) bond motifs is 1. The summed E-state index contributed by atoms with van der Waals surface area (Å²) < 4.78 is 11.9. The number of aryl methyl sites for hydroxylation is 1. The number of thiazole rings is 1. The summed E-state index contributed by atoms with van der Waals surface area (Å²) in [6.07, 6.45) is 2.85. The maximum atomic E-state index is 13.1. The van der Waals surface area contributed by atoms with E-state index in [0.717, 1.165) is 72.3 Å². The molecule has 1 aromatic heterocycles. The molecule has 1 amide bonds. The summed E-state index contributed by atoms with van der Waals surface area (Å²) in [5.41, 5.74) is 4.43. The van der Waals surface area contributed by atoms with E-state index in [9.17, 15) is 4.79 Å². The molecule has 6 nitrogen and oxygen atoms in total. The number of piperidine rings is 1. The zero-order chi connectivity index (χ0) is 23.5. The second-order valence-electron chi connectivity index (χ2n) is 8.86. The lowest BCUT2D eigenvalue weighted by Gasteiger charge is -2.33. The number of ether oxygens (including phenoxy) is 2. The van der Waals surface area contributed by atoms with Crippen LogP contribution in [0.15, 0.2) is 47.8 Å². The van der Waals surface area contributed by atoms with Gasteiger partial charge in [0, 0.05) is 36.3 Å². The van der Waals surface area contributed by atoms with Crippen LogP contribution in [0.25, 0.3) is 11.3 Å². The van der Waals surface area contributed by atoms with Gasteiger partial charge in [0.1, 0.15) is 6.10 Å². The van der Waals surface area contributed by atoms with Gasteiger partial charge in [0.05, 0.1) is 23.9 Å². The summed E-state index contributed by atoms with van der Waals surface area (Å²) in [6, 6.07) is 14.2. The minimum Gasteiger partial charge on any atom is -0.490 e. The Kier molecular flexibility index (Phi) is 6.83. The number of benzene rings is 2. The molecule has 0 aliphatic carbocycles. The lowest BCUT2D eigenvalue weighted by atomic mass is 10.1. The number of carbonyl (C=O) groups is 1. The molecule has 0 unspecified atom stereocenters. The van der Waals surface area contributed by atoms with Gasteiger partial charge in [0.2, 0.25) is 5.91 Å². The van der Waals surface area contributed by atoms with Gasteiger partial charge in [-0.2, -0.15) is 0 Å². The first-order valence-electron chi connectivity index (χ1n) is 12.1. The summed E-state index contributed by atoms with van der Waals surface area (Å²) in [5.74, 6) is 1.78. The minimum atomic E-state index is 0.147. The Morgan fingerprint density at radius 1 is 1.12 bits per heavy atom. The molecule has 1 fully saturated rings. The third-order valence-corrected chi connectivity index (χ3v) is 7.30. The standard InChI is InChI=1S/C27H31N3O3S/c1-3-32-25-6-4-5-7-26(25)33-22-11-13-29(14-12-22)17-27(31)30-15-10-21-16-20(8-9-24(21)30)23-18-34-19(2)28-23/h4-9,16,18,22H,3,10-15,17H2,1-2H3. The maximum Gasteiger partial charge on any atom is 0.241 e. The lowest BCUT2D eigenvalue weighted by molar-refractivity contribution is -0.120. The highest BCUT2D eigenvalue weighted by Crippen LogP contribution is 2.33. The summed E-state index contributed by atoms with van der Waals surface area (Å²) in [7, 11) is 0. The molecule has 0 spiro atoms. The predicted octanol–water partition coefficient (Wildman–Crippen LogP) is 4.95. The van der Waals surface area contributed by atoms with Gasteiger partial charge in [0.15, 0.2) is 11.5 Å². The van der Waals surface area contributed by atoms with Crippen molar-refractivity contribution in [1.29, 1.82) is 0 Å². The fourth-order valence-corrected chi connectivity index (χ4v) is 5.40. The van der Waals surface area contributed by atoms with Crippen LogP contribution < -0.4 is 14.4 Å². The third kappa shape index (κ3) is 4.95. The molecule has 5 rings (SSSR count). The van der Waals surface area contributed by atoms with Gasteiger partial charge in [-0.15, -0.1) is 11.3 Å². The number of para-hydroxylation sites is 2. The van der Waals surface area contributed by atoms with Crippen molar-refractivity contribution in [3.8, 4) is 22.8 Å². The number of hydrogen-bond donors (Lipinski definition) is 0. The fraction of sp³-hybridized carbons (Fsp3) is 0.407. The molecule has 3 heterocycles. The first kappa shape index (κ1) is 22.9. The molecule has 0 saturated carbocycles. The van der Waals surface area contributed by atoms with Gasteiger partial charge in [0.25, 0.3) is 0 Å². The van der Waals surface area contributed by atoms with E-state index >= 15 is 0 Å². The molecule has 2 aromatic carbocycles. The van der Waals surface area contributed by atoms with Crippen LogP contribution in [0, 0.1) is 6.92 Å². The number of nitrogens with zero attached hydrogens (tertiary/aromatic N) is 3. The van der Waals surface area contributed by atoms with Crippen molar-refractivity contribution in [2.75, 3.05) is 37.7 Å². The molecular formula is C27H31N3O3S. The van der Waals surface area contributed by atoms with Crippen LogP contribution in [-0.2, 0) is 11.2 Å². The van der Waals surface area contributed by atoms with E-state index in [1.165, 1.54) is 5.56 Å². The molecule has 0 radical (unpaired) electrons. The van der Waals surface area contributed by atoms with Crippen molar-refractivity contribution in [1.82, 2.24) is 9.88 Å². The molecule has 0 atom stereocenters. The van der Waals surface area contributed by atoms with Gasteiger partial charge in [-0.25, -0.2) is 4.98 Å². The Morgan fingerprint density at radius 3 is 2.65 bits per heavy atom. The van der Waals surface area contributed by atoms with Crippen molar-refractivity contribution >= 4 is 22.9 Å². The van der Waals surface area contributed by atoms with Gasteiger partial charge in [-0.05, 0) is 62.9 Å². The maximum absolute atomic E-state index is 13.1. The second kappa shape index (κ2) is 10.2. The Labute approximate surface area is 205 Å². The van der Waals surface area contributed by atoms with Crippen molar-refractivity contribution in [2.24, 2.45) is 0 Å². The van der Waals surface area contributed by atoms with Gasteiger partial charge < -0.3 is 14.4 Å². The smallest absolute Gasteiger partial charge is 0.241 e. The van der Waals surface area contributed by atoms with Crippen molar-refractivity contribution < 1.29 is 14.3 Å². The van der Waals surface area contributed by atoms with E-state index in [1.807, 2.05) is 43.0 Å². The van der Waals surface area contributed by atoms with Crippen LogP contribution in [0.1, 0.15) is 30.3 Å². The van der Waals surface area contributed by atoms with Crippen molar-refractivity contribution in [2.45, 2.75) is 39.2 Å². The molecule has 2 aliphatic rings. The van der Waals surface area contributed by atoms with E-state index in [-0.39, 0.29) is 12.0 Å². The molecule has 0 bridgehead atoms. The molecule has 1 saturated heterocycles. The second-order valence-corrected chi connectivity index (χ2v) is 9.93. The number of carbonyl (C=O) groups excluding carboxylic acids is 1. The number of aromatic nitrogens is 1. The van der Waals surface area contributed by atoms with Gasteiger partial charge in [-0.3, -0.25) is 9.69 Å². The number of rotatable bonds is 7. The highest BCUT2D eigenvalue weighted by molar-refractivity contribution is 7.09. The Balaban J connectivity index is 1.16. The Bertz CT molecular complexity index is 1150. The first-order valence-corrected chi connectivity index (χ1v) is 13.0. The number of anilines is 1. The summed E-state index contributed by atoms with van der Waals surface area (Å²) in [4.78, 5) is 21.9. The average molecular weight is 478 g/mol. The van der Waals surface area contributed by atoms with Crippen molar-refractivity contribution in [3.63, 3.8) is 0 Å². The summed E-state index contributed by atoms with van der Waals surface area (Å²) in [6.45, 7) is 7.54.